The van der Waals surface area contributed by atoms with Crippen molar-refractivity contribution in [3.05, 3.63) is 11.7 Å². The van der Waals surface area contributed by atoms with E-state index in [0.717, 1.165) is 24.8 Å². The lowest BCUT2D eigenvalue weighted by atomic mass is 9.90. The quantitative estimate of drug-likeness (QED) is 0.890. The first-order valence-corrected chi connectivity index (χ1v) is 7.89. The zero-order valence-corrected chi connectivity index (χ0v) is 11.9. The lowest BCUT2D eigenvalue weighted by Crippen LogP contribution is -2.09. The lowest BCUT2D eigenvalue weighted by molar-refractivity contribution is 0.331. The Kier molecular flexibility index (Phi) is 4.16. The van der Waals surface area contributed by atoms with Crippen LogP contribution in [0.2, 0.25) is 0 Å². The fourth-order valence-corrected chi connectivity index (χ4v) is 3.42. The highest BCUT2D eigenvalue weighted by atomic mass is 16.5. The van der Waals surface area contributed by atoms with Gasteiger partial charge in [-0.2, -0.15) is 4.98 Å². The highest BCUT2D eigenvalue weighted by molar-refractivity contribution is 5.03. The van der Waals surface area contributed by atoms with Gasteiger partial charge in [0, 0.05) is 12.5 Å². The van der Waals surface area contributed by atoms with Crippen molar-refractivity contribution < 1.29 is 4.52 Å². The van der Waals surface area contributed by atoms with Crippen LogP contribution in [0.3, 0.4) is 0 Å². The molecule has 1 saturated heterocycles. The largest absolute Gasteiger partial charge is 0.339 e. The molecule has 0 radical (unpaired) electrons. The van der Waals surface area contributed by atoms with Gasteiger partial charge >= 0.3 is 0 Å². The Morgan fingerprint density at radius 1 is 1.05 bits per heavy atom. The maximum atomic E-state index is 5.54. The Hall–Kier alpha value is -0.900. The predicted molar refractivity (Wildman–Crippen MR) is 74.1 cm³/mol. The van der Waals surface area contributed by atoms with E-state index in [1.54, 1.807) is 0 Å². The second kappa shape index (κ2) is 6.04. The van der Waals surface area contributed by atoms with Crippen LogP contribution in [0.15, 0.2) is 4.52 Å². The van der Waals surface area contributed by atoms with Crippen molar-refractivity contribution in [2.24, 2.45) is 5.92 Å². The van der Waals surface area contributed by atoms with Crippen LogP contribution in [0.1, 0.15) is 75.4 Å². The smallest absolute Gasteiger partial charge is 0.231 e. The standard InChI is InChI=1S/C15H25N3O/c1-11-9-16-10-13(11)15-17-14(18-19-15)12-7-5-3-2-4-6-8-12/h11-13,16H,2-10H2,1H3. The minimum atomic E-state index is 0.412. The molecule has 2 heterocycles. The van der Waals surface area contributed by atoms with Crippen LogP contribution in [0.4, 0.5) is 0 Å². The summed E-state index contributed by atoms with van der Waals surface area (Å²) in [5.41, 5.74) is 0. The normalized spacial score (nSPS) is 30.2. The monoisotopic (exact) mass is 263 g/mol. The Balaban J connectivity index is 1.69. The van der Waals surface area contributed by atoms with Crippen molar-refractivity contribution in [1.82, 2.24) is 15.5 Å². The van der Waals surface area contributed by atoms with Gasteiger partial charge < -0.3 is 9.84 Å². The van der Waals surface area contributed by atoms with Gasteiger partial charge in [-0.3, -0.25) is 0 Å². The Labute approximate surface area is 115 Å². The van der Waals surface area contributed by atoms with E-state index in [2.05, 4.69) is 17.4 Å². The van der Waals surface area contributed by atoms with Crippen molar-refractivity contribution in [3.8, 4) is 0 Å². The van der Waals surface area contributed by atoms with Gasteiger partial charge in [0.1, 0.15) is 0 Å². The molecule has 1 saturated carbocycles. The zero-order chi connectivity index (χ0) is 13.1. The first-order chi connectivity index (χ1) is 9.34. The van der Waals surface area contributed by atoms with Crippen molar-refractivity contribution in [2.75, 3.05) is 13.1 Å². The van der Waals surface area contributed by atoms with E-state index in [1.807, 2.05) is 0 Å². The summed E-state index contributed by atoms with van der Waals surface area (Å²) in [6.07, 6.45) is 9.23. The molecular weight excluding hydrogens is 238 g/mol. The van der Waals surface area contributed by atoms with Gasteiger partial charge in [0.15, 0.2) is 5.82 Å². The SMILES string of the molecule is CC1CNCC1c1nc(C2CCCCCCC2)no1. The first-order valence-electron chi connectivity index (χ1n) is 7.89. The van der Waals surface area contributed by atoms with Crippen LogP contribution in [0.5, 0.6) is 0 Å². The molecule has 0 aromatic carbocycles. The van der Waals surface area contributed by atoms with E-state index in [1.165, 1.54) is 44.9 Å². The molecular formula is C15H25N3O. The van der Waals surface area contributed by atoms with Crippen molar-refractivity contribution in [3.63, 3.8) is 0 Å². The highest BCUT2D eigenvalue weighted by Gasteiger charge is 2.30. The second-order valence-electron chi connectivity index (χ2n) is 6.27. The van der Waals surface area contributed by atoms with E-state index in [0.29, 0.717) is 17.8 Å². The summed E-state index contributed by atoms with van der Waals surface area (Å²) in [5.74, 6) is 3.37. The molecule has 1 aromatic heterocycles. The topological polar surface area (TPSA) is 51.0 Å². The molecule has 4 nitrogen and oxygen atoms in total. The molecule has 0 spiro atoms. The molecule has 1 aliphatic heterocycles. The summed E-state index contributed by atoms with van der Waals surface area (Å²) in [6.45, 7) is 4.30. The van der Waals surface area contributed by atoms with Gasteiger partial charge in [-0.1, -0.05) is 44.2 Å². The third-order valence-corrected chi connectivity index (χ3v) is 4.76. The summed E-state index contributed by atoms with van der Waals surface area (Å²) in [7, 11) is 0. The fourth-order valence-electron chi connectivity index (χ4n) is 3.42. The molecule has 1 N–H and O–H groups in total. The molecule has 2 aliphatic rings. The van der Waals surface area contributed by atoms with Crippen LogP contribution in [-0.4, -0.2) is 23.2 Å². The lowest BCUT2D eigenvalue weighted by Gasteiger charge is -2.16. The minimum absolute atomic E-state index is 0.412. The van der Waals surface area contributed by atoms with Gasteiger partial charge in [0.2, 0.25) is 5.89 Å². The van der Waals surface area contributed by atoms with E-state index in [-0.39, 0.29) is 0 Å². The minimum Gasteiger partial charge on any atom is -0.339 e. The molecule has 1 aromatic rings. The van der Waals surface area contributed by atoms with E-state index in [9.17, 15) is 0 Å². The highest BCUT2D eigenvalue weighted by Crippen LogP contribution is 2.32. The maximum Gasteiger partial charge on any atom is 0.231 e. The van der Waals surface area contributed by atoms with Crippen LogP contribution >= 0.6 is 0 Å². The van der Waals surface area contributed by atoms with Crippen LogP contribution in [0.25, 0.3) is 0 Å². The van der Waals surface area contributed by atoms with Crippen LogP contribution < -0.4 is 5.32 Å². The molecule has 0 bridgehead atoms. The third-order valence-electron chi connectivity index (χ3n) is 4.76. The average Bonchev–Trinajstić information content (AvgIpc) is 2.97. The van der Waals surface area contributed by atoms with Crippen molar-refractivity contribution >= 4 is 0 Å². The zero-order valence-electron chi connectivity index (χ0n) is 11.9. The number of rotatable bonds is 2. The van der Waals surface area contributed by atoms with E-state index < -0.39 is 0 Å². The van der Waals surface area contributed by atoms with E-state index >= 15 is 0 Å². The molecule has 106 valence electrons. The molecule has 2 atom stereocenters. The third kappa shape index (κ3) is 2.99. The Morgan fingerprint density at radius 3 is 2.47 bits per heavy atom. The van der Waals surface area contributed by atoms with E-state index in [4.69, 9.17) is 9.51 Å². The summed E-state index contributed by atoms with van der Waals surface area (Å²) in [5, 5.41) is 7.68. The summed E-state index contributed by atoms with van der Waals surface area (Å²) >= 11 is 0. The molecule has 2 unspecified atom stereocenters. The Bertz CT molecular complexity index is 396. The van der Waals surface area contributed by atoms with Gasteiger partial charge in [-0.25, -0.2) is 0 Å². The number of nitrogens with zero attached hydrogens (tertiary/aromatic N) is 2. The molecule has 0 amide bonds. The van der Waals surface area contributed by atoms with Gasteiger partial charge in [0.05, 0.1) is 5.92 Å². The Morgan fingerprint density at radius 2 is 1.79 bits per heavy atom. The van der Waals surface area contributed by atoms with Crippen LogP contribution in [0, 0.1) is 5.92 Å². The van der Waals surface area contributed by atoms with Crippen molar-refractivity contribution in [1.29, 1.82) is 0 Å². The average molecular weight is 263 g/mol. The number of nitrogens with one attached hydrogen (secondary N) is 1. The summed E-state index contributed by atoms with van der Waals surface area (Å²) in [4.78, 5) is 4.72. The van der Waals surface area contributed by atoms with Gasteiger partial charge in [-0.05, 0) is 25.3 Å². The first kappa shape index (κ1) is 13.1. The van der Waals surface area contributed by atoms with Gasteiger partial charge in [-0.15, -0.1) is 0 Å². The van der Waals surface area contributed by atoms with Crippen LogP contribution in [-0.2, 0) is 0 Å². The molecule has 1 aliphatic carbocycles. The second-order valence-corrected chi connectivity index (χ2v) is 6.27. The number of hydrogen-bond acceptors (Lipinski definition) is 4. The molecule has 3 rings (SSSR count). The molecule has 19 heavy (non-hydrogen) atoms. The fraction of sp³-hybridized carbons (Fsp3) is 0.867. The predicted octanol–water partition coefficient (Wildman–Crippen LogP) is 3.22. The molecule has 4 heteroatoms. The summed E-state index contributed by atoms with van der Waals surface area (Å²) < 4.78 is 5.54. The summed E-state index contributed by atoms with van der Waals surface area (Å²) in [6, 6.07) is 0. The molecule has 2 fully saturated rings. The van der Waals surface area contributed by atoms with Gasteiger partial charge in [0.25, 0.3) is 0 Å². The van der Waals surface area contributed by atoms with Crippen molar-refractivity contribution in [2.45, 2.75) is 63.7 Å². The number of hydrogen-bond donors (Lipinski definition) is 1. The maximum absolute atomic E-state index is 5.54. The number of aromatic nitrogens is 2.